The SMILES string of the molecule is Cn1cc(CN2Cc3ccnn3[C@@H](CCNS(=O)(=O)C3CC3)C2)cn1. The number of nitrogens with zero attached hydrogens (tertiary/aromatic N) is 5. The molecule has 0 unspecified atom stereocenters. The Morgan fingerprint density at radius 2 is 2.16 bits per heavy atom. The van der Waals surface area contributed by atoms with Crippen LogP contribution >= 0.6 is 0 Å². The van der Waals surface area contributed by atoms with Gasteiger partial charge < -0.3 is 0 Å². The summed E-state index contributed by atoms with van der Waals surface area (Å²) in [7, 11) is -1.20. The van der Waals surface area contributed by atoms with Crippen molar-refractivity contribution in [1.29, 1.82) is 0 Å². The number of aromatic nitrogens is 4. The molecule has 1 atom stereocenters. The van der Waals surface area contributed by atoms with Gasteiger partial charge in [0.25, 0.3) is 0 Å². The molecule has 1 aliphatic carbocycles. The van der Waals surface area contributed by atoms with E-state index in [1.807, 2.05) is 41.1 Å². The van der Waals surface area contributed by atoms with Crippen LogP contribution in [0.25, 0.3) is 0 Å². The zero-order valence-corrected chi connectivity index (χ0v) is 15.2. The van der Waals surface area contributed by atoms with Crippen molar-refractivity contribution in [2.24, 2.45) is 7.05 Å². The maximum atomic E-state index is 12.0. The van der Waals surface area contributed by atoms with Crippen LogP contribution < -0.4 is 4.72 Å². The van der Waals surface area contributed by atoms with Gasteiger partial charge in [0.1, 0.15) is 0 Å². The Morgan fingerprint density at radius 3 is 2.88 bits per heavy atom. The molecule has 0 amide bonds. The van der Waals surface area contributed by atoms with Gasteiger partial charge in [0.2, 0.25) is 10.0 Å². The lowest BCUT2D eigenvalue weighted by Gasteiger charge is -2.33. The molecule has 0 aromatic carbocycles. The summed E-state index contributed by atoms with van der Waals surface area (Å²) in [6.07, 6.45) is 8.08. The first-order valence-electron chi connectivity index (χ1n) is 8.72. The van der Waals surface area contributed by atoms with Gasteiger partial charge in [-0.2, -0.15) is 10.2 Å². The molecule has 2 aromatic heterocycles. The van der Waals surface area contributed by atoms with Crippen molar-refractivity contribution in [3.63, 3.8) is 0 Å². The molecule has 0 bridgehead atoms. The third-order valence-corrected chi connectivity index (χ3v) is 6.82. The average Bonchev–Trinajstić information content (AvgIpc) is 3.20. The van der Waals surface area contributed by atoms with Crippen molar-refractivity contribution in [3.05, 3.63) is 35.9 Å². The van der Waals surface area contributed by atoms with Crippen molar-refractivity contribution < 1.29 is 8.42 Å². The predicted octanol–water partition coefficient (Wildman–Crippen LogP) is 0.645. The van der Waals surface area contributed by atoms with Gasteiger partial charge in [0.05, 0.1) is 23.2 Å². The molecule has 1 aliphatic heterocycles. The van der Waals surface area contributed by atoms with Gasteiger partial charge in [-0.15, -0.1) is 0 Å². The molecular weight excluding hydrogens is 340 g/mol. The quantitative estimate of drug-likeness (QED) is 0.780. The third kappa shape index (κ3) is 3.78. The van der Waals surface area contributed by atoms with Crippen molar-refractivity contribution in [2.45, 2.75) is 43.6 Å². The van der Waals surface area contributed by atoms with Crippen LogP contribution in [0.3, 0.4) is 0 Å². The molecule has 25 heavy (non-hydrogen) atoms. The van der Waals surface area contributed by atoms with Crippen molar-refractivity contribution in [3.8, 4) is 0 Å². The second-order valence-electron chi connectivity index (χ2n) is 7.04. The average molecular weight is 364 g/mol. The second kappa shape index (κ2) is 6.54. The fourth-order valence-corrected chi connectivity index (χ4v) is 4.87. The topological polar surface area (TPSA) is 85.0 Å². The number of aryl methyl sites for hydroxylation is 1. The molecule has 9 heteroatoms. The summed E-state index contributed by atoms with van der Waals surface area (Å²) >= 11 is 0. The van der Waals surface area contributed by atoms with Gasteiger partial charge in [-0.1, -0.05) is 0 Å². The van der Waals surface area contributed by atoms with Crippen LogP contribution in [-0.2, 0) is 30.2 Å². The first-order valence-corrected chi connectivity index (χ1v) is 10.3. The minimum absolute atomic E-state index is 0.166. The highest BCUT2D eigenvalue weighted by molar-refractivity contribution is 7.90. The van der Waals surface area contributed by atoms with E-state index in [4.69, 9.17) is 0 Å². The van der Waals surface area contributed by atoms with E-state index >= 15 is 0 Å². The summed E-state index contributed by atoms with van der Waals surface area (Å²) < 4.78 is 30.6. The molecular formula is C16H24N6O2S. The Labute approximate surface area is 147 Å². The summed E-state index contributed by atoms with van der Waals surface area (Å²) in [5.41, 5.74) is 2.36. The van der Waals surface area contributed by atoms with Gasteiger partial charge in [0.15, 0.2) is 0 Å². The molecule has 1 fully saturated rings. The van der Waals surface area contributed by atoms with E-state index in [0.29, 0.717) is 6.54 Å². The number of hydrogen-bond acceptors (Lipinski definition) is 5. The van der Waals surface area contributed by atoms with E-state index in [1.54, 1.807) is 0 Å². The van der Waals surface area contributed by atoms with Gasteiger partial charge in [-0.3, -0.25) is 14.3 Å². The third-order valence-electron chi connectivity index (χ3n) is 4.86. The molecule has 1 saturated carbocycles. The van der Waals surface area contributed by atoms with E-state index in [9.17, 15) is 8.42 Å². The van der Waals surface area contributed by atoms with Gasteiger partial charge in [-0.05, 0) is 25.3 Å². The fourth-order valence-electron chi connectivity index (χ4n) is 3.47. The van der Waals surface area contributed by atoms with Crippen molar-refractivity contribution in [1.82, 2.24) is 29.2 Å². The molecule has 3 heterocycles. The summed E-state index contributed by atoms with van der Waals surface area (Å²) in [5.74, 6) is 0. The van der Waals surface area contributed by atoms with Crippen LogP contribution in [0.1, 0.15) is 36.6 Å². The number of hydrogen-bond donors (Lipinski definition) is 1. The predicted molar refractivity (Wildman–Crippen MR) is 93.1 cm³/mol. The van der Waals surface area contributed by atoms with Crippen LogP contribution in [0.5, 0.6) is 0 Å². The zero-order valence-electron chi connectivity index (χ0n) is 14.4. The zero-order chi connectivity index (χ0) is 17.4. The number of nitrogens with one attached hydrogen (secondary N) is 1. The molecule has 8 nitrogen and oxygen atoms in total. The van der Waals surface area contributed by atoms with E-state index in [-0.39, 0.29) is 11.3 Å². The minimum Gasteiger partial charge on any atom is -0.291 e. The van der Waals surface area contributed by atoms with E-state index in [0.717, 1.165) is 38.9 Å². The molecule has 2 aromatic rings. The molecule has 0 spiro atoms. The second-order valence-corrected chi connectivity index (χ2v) is 9.09. The molecule has 136 valence electrons. The van der Waals surface area contributed by atoms with E-state index in [2.05, 4.69) is 19.8 Å². The number of fused-ring (bicyclic) bond motifs is 1. The molecule has 4 rings (SSSR count). The molecule has 1 N–H and O–H groups in total. The standard InChI is InChI=1S/C16H24N6O2S/c1-20-9-13(8-18-20)10-21-11-14-4-6-17-22(14)15(12-21)5-7-19-25(23,24)16-2-3-16/h4,6,8-9,15-16,19H,2-3,5,7,10-12H2,1H3/t15-/m0/s1. The lowest BCUT2D eigenvalue weighted by molar-refractivity contribution is 0.162. The smallest absolute Gasteiger partial charge is 0.214 e. The molecule has 2 aliphatic rings. The lowest BCUT2D eigenvalue weighted by Crippen LogP contribution is -2.39. The highest BCUT2D eigenvalue weighted by atomic mass is 32.2. The van der Waals surface area contributed by atoms with Crippen molar-refractivity contribution in [2.75, 3.05) is 13.1 Å². The normalized spacial score (nSPS) is 21.4. The maximum absolute atomic E-state index is 12.0. The molecule has 0 radical (unpaired) electrons. The number of rotatable bonds is 7. The van der Waals surface area contributed by atoms with Gasteiger partial charge >= 0.3 is 0 Å². The number of sulfonamides is 1. The Balaban J connectivity index is 1.40. The molecule has 0 saturated heterocycles. The Hall–Kier alpha value is -1.71. The first-order chi connectivity index (χ1) is 12.0. The van der Waals surface area contributed by atoms with Crippen LogP contribution in [-0.4, -0.2) is 51.2 Å². The Kier molecular flexibility index (Phi) is 4.38. The monoisotopic (exact) mass is 364 g/mol. The summed E-state index contributed by atoms with van der Waals surface area (Å²) in [6.45, 7) is 3.00. The summed E-state index contributed by atoms with van der Waals surface area (Å²) in [5, 5.41) is 8.51. The highest BCUT2D eigenvalue weighted by Crippen LogP contribution is 2.28. The minimum atomic E-state index is -3.12. The van der Waals surface area contributed by atoms with Crippen molar-refractivity contribution >= 4 is 10.0 Å². The van der Waals surface area contributed by atoms with Crippen LogP contribution in [0.4, 0.5) is 0 Å². The highest BCUT2D eigenvalue weighted by Gasteiger charge is 2.35. The summed E-state index contributed by atoms with van der Waals surface area (Å²) in [4.78, 5) is 2.37. The summed E-state index contributed by atoms with van der Waals surface area (Å²) in [6, 6.07) is 2.22. The van der Waals surface area contributed by atoms with Crippen LogP contribution in [0.2, 0.25) is 0 Å². The van der Waals surface area contributed by atoms with E-state index in [1.165, 1.54) is 11.3 Å². The first kappa shape index (κ1) is 16.7. The largest absolute Gasteiger partial charge is 0.291 e. The van der Waals surface area contributed by atoms with E-state index < -0.39 is 10.0 Å². The fraction of sp³-hybridized carbons (Fsp3) is 0.625. The van der Waals surface area contributed by atoms with Crippen LogP contribution in [0.15, 0.2) is 24.7 Å². The van der Waals surface area contributed by atoms with Crippen LogP contribution in [0, 0.1) is 0 Å². The van der Waals surface area contributed by atoms with Gasteiger partial charge in [-0.25, -0.2) is 13.1 Å². The maximum Gasteiger partial charge on any atom is 0.214 e. The Morgan fingerprint density at radius 1 is 1.32 bits per heavy atom. The Bertz CT molecular complexity index is 838. The lowest BCUT2D eigenvalue weighted by atomic mass is 10.1. The van der Waals surface area contributed by atoms with Gasteiger partial charge in [0, 0.05) is 51.2 Å².